The van der Waals surface area contributed by atoms with E-state index in [0.717, 1.165) is 0 Å². The SMILES string of the molecule is CC(NCCN1C(=O)c2ccccc2C1=O)c1ccccc1F. The number of fused-ring (bicyclic) bond motifs is 1. The zero-order valence-electron chi connectivity index (χ0n) is 12.8. The zero-order valence-corrected chi connectivity index (χ0v) is 12.8. The molecule has 1 aliphatic heterocycles. The number of hydrogen-bond acceptors (Lipinski definition) is 3. The highest BCUT2D eigenvalue weighted by Crippen LogP contribution is 2.22. The number of halogens is 1. The Bertz CT molecular complexity index is 725. The fourth-order valence-electron chi connectivity index (χ4n) is 2.77. The lowest BCUT2D eigenvalue weighted by atomic mass is 10.1. The average Bonchev–Trinajstić information content (AvgIpc) is 2.80. The Morgan fingerprint density at radius 2 is 1.57 bits per heavy atom. The van der Waals surface area contributed by atoms with E-state index in [1.165, 1.54) is 11.0 Å². The van der Waals surface area contributed by atoms with E-state index in [-0.39, 0.29) is 30.2 Å². The molecule has 2 aromatic carbocycles. The summed E-state index contributed by atoms with van der Waals surface area (Å²) < 4.78 is 13.7. The lowest BCUT2D eigenvalue weighted by Crippen LogP contribution is -2.37. The van der Waals surface area contributed by atoms with Crippen molar-refractivity contribution in [1.29, 1.82) is 0 Å². The summed E-state index contributed by atoms with van der Waals surface area (Å²) in [5.41, 5.74) is 1.45. The maximum atomic E-state index is 13.7. The van der Waals surface area contributed by atoms with E-state index < -0.39 is 0 Å². The molecular formula is C18H17FN2O2. The predicted molar refractivity (Wildman–Crippen MR) is 84.6 cm³/mol. The number of nitrogens with zero attached hydrogens (tertiary/aromatic N) is 1. The van der Waals surface area contributed by atoms with Crippen LogP contribution in [0.25, 0.3) is 0 Å². The summed E-state index contributed by atoms with van der Waals surface area (Å²) in [4.78, 5) is 25.7. The van der Waals surface area contributed by atoms with Crippen molar-refractivity contribution in [2.75, 3.05) is 13.1 Å². The van der Waals surface area contributed by atoms with E-state index in [1.54, 1.807) is 42.5 Å². The van der Waals surface area contributed by atoms with Crippen LogP contribution >= 0.6 is 0 Å². The minimum Gasteiger partial charge on any atom is -0.308 e. The van der Waals surface area contributed by atoms with Gasteiger partial charge in [-0.25, -0.2) is 4.39 Å². The van der Waals surface area contributed by atoms with E-state index in [4.69, 9.17) is 0 Å². The van der Waals surface area contributed by atoms with Crippen molar-refractivity contribution in [1.82, 2.24) is 10.2 Å². The van der Waals surface area contributed by atoms with Gasteiger partial charge in [-0.05, 0) is 25.1 Å². The Morgan fingerprint density at radius 1 is 1.00 bits per heavy atom. The number of hydrogen-bond donors (Lipinski definition) is 1. The highest BCUT2D eigenvalue weighted by atomic mass is 19.1. The van der Waals surface area contributed by atoms with Crippen molar-refractivity contribution >= 4 is 11.8 Å². The van der Waals surface area contributed by atoms with Crippen LogP contribution in [0.3, 0.4) is 0 Å². The van der Waals surface area contributed by atoms with Crippen LogP contribution in [-0.2, 0) is 0 Å². The molecule has 0 fully saturated rings. The van der Waals surface area contributed by atoms with Crippen LogP contribution in [0.2, 0.25) is 0 Å². The lowest BCUT2D eigenvalue weighted by molar-refractivity contribution is 0.0654. The van der Waals surface area contributed by atoms with Gasteiger partial charge in [0.05, 0.1) is 11.1 Å². The lowest BCUT2D eigenvalue weighted by Gasteiger charge is -2.18. The number of rotatable bonds is 5. The molecule has 2 amide bonds. The zero-order chi connectivity index (χ0) is 16.4. The number of amides is 2. The van der Waals surface area contributed by atoms with Gasteiger partial charge < -0.3 is 5.32 Å². The third-order valence-electron chi connectivity index (χ3n) is 4.04. The van der Waals surface area contributed by atoms with Gasteiger partial charge in [0.15, 0.2) is 0 Å². The largest absolute Gasteiger partial charge is 0.308 e. The molecule has 0 aromatic heterocycles. The molecule has 1 heterocycles. The highest BCUT2D eigenvalue weighted by molar-refractivity contribution is 6.21. The van der Waals surface area contributed by atoms with Crippen LogP contribution in [-0.4, -0.2) is 29.8 Å². The molecule has 23 heavy (non-hydrogen) atoms. The summed E-state index contributed by atoms with van der Waals surface area (Å²) in [6, 6.07) is 13.2. The molecule has 0 saturated carbocycles. The minimum absolute atomic E-state index is 0.202. The van der Waals surface area contributed by atoms with Crippen molar-refractivity contribution in [2.45, 2.75) is 13.0 Å². The molecule has 1 N–H and O–H groups in total. The number of imide groups is 1. The van der Waals surface area contributed by atoms with Crippen molar-refractivity contribution in [3.63, 3.8) is 0 Å². The van der Waals surface area contributed by atoms with Crippen LogP contribution in [0.1, 0.15) is 39.2 Å². The smallest absolute Gasteiger partial charge is 0.261 e. The van der Waals surface area contributed by atoms with Gasteiger partial charge >= 0.3 is 0 Å². The monoisotopic (exact) mass is 312 g/mol. The van der Waals surface area contributed by atoms with Crippen molar-refractivity contribution < 1.29 is 14.0 Å². The van der Waals surface area contributed by atoms with Crippen molar-refractivity contribution in [3.05, 3.63) is 71.0 Å². The molecule has 0 radical (unpaired) electrons. The summed E-state index contributed by atoms with van der Waals surface area (Å²) in [5.74, 6) is -0.815. The maximum Gasteiger partial charge on any atom is 0.261 e. The number of nitrogens with one attached hydrogen (secondary N) is 1. The first-order valence-electron chi connectivity index (χ1n) is 7.52. The summed E-state index contributed by atoms with van der Waals surface area (Å²) >= 11 is 0. The maximum absolute atomic E-state index is 13.7. The first kappa shape index (κ1) is 15.4. The van der Waals surface area contributed by atoms with Crippen LogP contribution < -0.4 is 5.32 Å². The van der Waals surface area contributed by atoms with Gasteiger partial charge in [0, 0.05) is 24.7 Å². The van der Waals surface area contributed by atoms with Crippen LogP contribution in [0.5, 0.6) is 0 Å². The second-order valence-electron chi connectivity index (χ2n) is 5.50. The molecular weight excluding hydrogens is 295 g/mol. The molecule has 1 atom stereocenters. The molecule has 1 aliphatic rings. The highest BCUT2D eigenvalue weighted by Gasteiger charge is 2.34. The molecule has 118 valence electrons. The van der Waals surface area contributed by atoms with Gasteiger partial charge in [-0.2, -0.15) is 0 Å². The summed E-state index contributed by atoms with van der Waals surface area (Å²) in [5, 5.41) is 3.15. The summed E-state index contributed by atoms with van der Waals surface area (Å²) in [7, 11) is 0. The molecule has 4 nitrogen and oxygen atoms in total. The Balaban J connectivity index is 1.61. The van der Waals surface area contributed by atoms with Gasteiger partial charge in [0.25, 0.3) is 11.8 Å². The van der Waals surface area contributed by atoms with E-state index in [1.807, 2.05) is 6.92 Å². The fourth-order valence-corrected chi connectivity index (χ4v) is 2.77. The third-order valence-corrected chi connectivity index (χ3v) is 4.04. The number of benzene rings is 2. The van der Waals surface area contributed by atoms with Gasteiger partial charge in [-0.3, -0.25) is 14.5 Å². The first-order chi connectivity index (χ1) is 11.1. The normalized spacial score (nSPS) is 15.0. The number of carbonyl (C=O) groups excluding carboxylic acids is 2. The van der Waals surface area contributed by atoms with Crippen molar-refractivity contribution in [3.8, 4) is 0 Å². The molecule has 0 bridgehead atoms. The van der Waals surface area contributed by atoms with Gasteiger partial charge in [0.2, 0.25) is 0 Å². The van der Waals surface area contributed by atoms with Gasteiger partial charge in [-0.15, -0.1) is 0 Å². The topological polar surface area (TPSA) is 49.4 Å². The molecule has 0 saturated heterocycles. The van der Waals surface area contributed by atoms with Gasteiger partial charge in [0.1, 0.15) is 5.82 Å². The molecule has 2 aromatic rings. The predicted octanol–water partition coefficient (Wildman–Crippen LogP) is 2.77. The van der Waals surface area contributed by atoms with Crippen LogP contribution in [0, 0.1) is 5.82 Å². The van der Waals surface area contributed by atoms with Crippen LogP contribution in [0.15, 0.2) is 48.5 Å². The fraction of sp³-hybridized carbons (Fsp3) is 0.222. The number of carbonyl (C=O) groups is 2. The second kappa shape index (κ2) is 6.30. The second-order valence-corrected chi connectivity index (χ2v) is 5.50. The minimum atomic E-state index is -0.272. The van der Waals surface area contributed by atoms with E-state index in [2.05, 4.69) is 5.32 Å². The molecule has 1 unspecified atom stereocenters. The van der Waals surface area contributed by atoms with Gasteiger partial charge in [-0.1, -0.05) is 30.3 Å². The average molecular weight is 312 g/mol. The quantitative estimate of drug-likeness (QED) is 0.864. The van der Waals surface area contributed by atoms with E-state index in [9.17, 15) is 14.0 Å². The molecule has 0 spiro atoms. The summed E-state index contributed by atoms with van der Waals surface area (Å²) in [6.45, 7) is 2.51. The molecule has 0 aliphatic carbocycles. The Hall–Kier alpha value is -2.53. The Labute approximate surface area is 133 Å². The first-order valence-corrected chi connectivity index (χ1v) is 7.52. The third kappa shape index (κ3) is 2.87. The molecule has 5 heteroatoms. The Kier molecular flexibility index (Phi) is 4.21. The molecule has 3 rings (SSSR count). The Morgan fingerprint density at radius 3 is 2.17 bits per heavy atom. The summed E-state index contributed by atoms with van der Waals surface area (Å²) in [6.07, 6.45) is 0. The van der Waals surface area contributed by atoms with E-state index >= 15 is 0 Å². The van der Waals surface area contributed by atoms with Crippen molar-refractivity contribution in [2.24, 2.45) is 0 Å². The standard InChI is InChI=1S/C18H17FN2O2/c1-12(13-6-4-5-9-16(13)19)20-10-11-21-17(22)14-7-2-3-8-15(14)18(21)23/h2-9,12,20H,10-11H2,1H3. The van der Waals surface area contributed by atoms with E-state index in [0.29, 0.717) is 23.2 Å². The van der Waals surface area contributed by atoms with Crippen LogP contribution in [0.4, 0.5) is 4.39 Å².